The predicted molar refractivity (Wildman–Crippen MR) is 146 cm³/mol. The first-order valence-electron chi connectivity index (χ1n) is 13.9. The van der Waals surface area contributed by atoms with Gasteiger partial charge in [-0.25, -0.2) is 0 Å². The first-order valence-corrected chi connectivity index (χ1v) is 13.9. The van der Waals surface area contributed by atoms with E-state index in [1.165, 1.54) is 4.90 Å². The molecule has 1 atom stereocenters. The Morgan fingerprint density at radius 3 is 2.61 bits per heavy atom. The number of fused-ring (bicyclic) bond motifs is 1. The summed E-state index contributed by atoms with van der Waals surface area (Å²) in [6, 6.07) is 9.88. The van der Waals surface area contributed by atoms with E-state index in [0.717, 1.165) is 23.9 Å². The summed E-state index contributed by atoms with van der Waals surface area (Å²) in [5, 5.41) is 11.6. The van der Waals surface area contributed by atoms with Crippen molar-refractivity contribution >= 4 is 11.6 Å². The van der Waals surface area contributed by atoms with Gasteiger partial charge in [0, 0.05) is 38.0 Å². The maximum Gasteiger partial charge on any atom is 0.416 e. The number of amides is 1. The molecule has 1 aliphatic heterocycles. The van der Waals surface area contributed by atoms with Gasteiger partial charge >= 0.3 is 6.18 Å². The van der Waals surface area contributed by atoms with Crippen LogP contribution in [-0.2, 0) is 36.5 Å². The van der Waals surface area contributed by atoms with Crippen molar-refractivity contribution in [3.8, 4) is 0 Å². The van der Waals surface area contributed by atoms with Gasteiger partial charge in [0.1, 0.15) is 12.2 Å². The number of rotatable bonds is 11. The summed E-state index contributed by atoms with van der Waals surface area (Å²) < 4.78 is 63.1. The topological polar surface area (TPSA) is 72.3 Å². The number of hydrogen-bond donors (Lipinski definition) is 1. The number of methoxy groups -OCH3 is 1. The van der Waals surface area contributed by atoms with Crippen molar-refractivity contribution in [2.45, 2.75) is 75.9 Å². The molecule has 0 saturated heterocycles. The Balaban J connectivity index is 1.47. The monoisotopic (exact) mass is 573 g/mol. The fourth-order valence-corrected chi connectivity index (χ4v) is 6.24. The molecular weight excluding hydrogens is 538 g/mol. The zero-order valence-electron chi connectivity index (χ0n) is 23.5. The van der Waals surface area contributed by atoms with Crippen molar-refractivity contribution in [2.75, 3.05) is 18.7 Å². The van der Waals surface area contributed by atoms with E-state index in [1.54, 1.807) is 25.6 Å². The number of nitrogens with one attached hydrogen (secondary N) is 1. The highest BCUT2D eigenvalue weighted by atomic mass is 19.4. The number of benzene rings is 2. The molecule has 7 nitrogen and oxygen atoms in total. The Morgan fingerprint density at radius 2 is 1.98 bits per heavy atom. The van der Waals surface area contributed by atoms with Crippen molar-refractivity contribution in [1.29, 1.82) is 0 Å². The smallest absolute Gasteiger partial charge is 0.381 e. The Kier molecular flexibility index (Phi) is 8.20. The van der Waals surface area contributed by atoms with Gasteiger partial charge in [0.15, 0.2) is 0 Å². The average molecular weight is 574 g/mol. The summed E-state index contributed by atoms with van der Waals surface area (Å²) in [5.41, 5.74) is 0.489. The minimum atomic E-state index is -4.63. The fourth-order valence-electron chi connectivity index (χ4n) is 6.24. The molecule has 11 heteroatoms. The number of ether oxygens (including phenoxy) is 1. The maximum absolute atomic E-state index is 14.2. The van der Waals surface area contributed by atoms with Crippen LogP contribution in [0.25, 0.3) is 0 Å². The maximum atomic E-state index is 14.2. The second-order valence-corrected chi connectivity index (χ2v) is 11.1. The van der Waals surface area contributed by atoms with Gasteiger partial charge in [0.2, 0.25) is 0 Å². The zero-order valence-corrected chi connectivity index (χ0v) is 23.5. The van der Waals surface area contributed by atoms with Crippen LogP contribution in [0, 0.1) is 0 Å². The van der Waals surface area contributed by atoms with Crippen LogP contribution in [0.1, 0.15) is 77.5 Å². The second-order valence-electron chi connectivity index (χ2n) is 11.1. The molecule has 2 aliphatic rings. The highest BCUT2D eigenvalue weighted by molar-refractivity contribution is 6.10. The number of carbonyl (C=O) groups excluding carboxylic acids is 1. The number of anilines is 1. The van der Waals surface area contributed by atoms with Gasteiger partial charge in [-0.2, -0.15) is 13.2 Å². The van der Waals surface area contributed by atoms with E-state index in [9.17, 15) is 22.4 Å². The number of nitrogens with zero attached hydrogens (tertiary/aromatic N) is 4. The van der Waals surface area contributed by atoms with Crippen LogP contribution in [-0.4, -0.2) is 46.6 Å². The van der Waals surface area contributed by atoms with E-state index in [-0.39, 0.29) is 42.8 Å². The summed E-state index contributed by atoms with van der Waals surface area (Å²) in [5.74, 6) is 0.291. The molecule has 1 aromatic heterocycles. The molecule has 1 fully saturated rings. The summed E-state index contributed by atoms with van der Waals surface area (Å²) in [6.45, 7) is 1.40. The number of alkyl halides is 4. The predicted octanol–water partition coefficient (Wildman–Crippen LogP) is 5.71. The molecule has 3 aromatic rings. The second kappa shape index (κ2) is 11.5. The van der Waals surface area contributed by atoms with Gasteiger partial charge in [-0.15, -0.1) is 10.2 Å². The molecule has 0 radical (unpaired) electrons. The Bertz CT molecular complexity index is 1390. The van der Waals surface area contributed by atoms with E-state index >= 15 is 0 Å². The molecule has 0 spiro atoms. The number of halogens is 4. The van der Waals surface area contributed by atoms with Gasteiger partial charge in [-0.05, 0) is 66.6 Å². The van der Waals surface area contributed by atoms with E-state index in [2.05, 4.69) is 15.5 Å². The van der Waals surface area contributed by atoms with E-state index in [4.69, 9.17) is 4.74 Å². The van der Waals surface area contributed by atoms with Crippen LogP contribution < -0.4 is 10.2 Å². The van der Waals surface area contributed by atoms with Crippen LogP contribution in [0.4, 0.5) is 23.2 Å². The number of aryl methyl sites for hydroxylation is 1. The van der Waals surface area contributed by atoms with Gasteiger partial charge in [-0.3, -0.25) is 9.18 Å². The summed E-state index contributed by atoms with van der Waals surface area (Å²) in [4.78, 5) is 15.0. The molecule has 2 heterocycles. The normalized spacial score (nSPS) is 21.2. The third-order valence-electron chi connectivity index (χ3n) is 8.43. The number of hydrogen-bond acceptors (Lipinski definition) is 5. The van der Waals surface area contributed by atoms with Gasteiger partial charge in [0.25, 0.3) is 5.91 Å². The lowest BCUT2D eigenvalue weighted by molar-refractivity contribution is -0.138. The molecule has 1 unspecified atom stereocenters. The van der Waals surface area contributed by atoms with Crippen LogP contribution in [0.15, 0.2) is 42.7 Å². The molecular formula is C30H35F4N5O2. The molecule has 1 N–H and O–H groups in total. The molecule has 5 rings (SSSR count). The zero-order chi connectivity index (χ0) is 29.4. The number of carbonyl (C=O) groups is 1. The van der Waals surface area contributed by atoms with Crippen LogP contribution in [0.5, 0.6) is 0 Å². The molecule has 1 amide bonds. The average Bonchev–Trinajstić information content (AvgIpc) is 3.49. The van der Waals surface area contributed by atoms with Crippen molar-refractivity contribution in [3.05, 3.63) is 76.4 Å². The third kappa shape index (κ3) is 5.49. The standard InChI is InChI=1S/C30H35F4N5O2/c1-4-6-21(9-10-31)35-16-19-11-24-25(26(12-19)30(32,33)34)17-39(27(24)40)22-8-5-7-20(13-22)29(14-23(15-29)41-3)28-37-36-18-38(28)2/h5,7-8,11-13,18,21,23,35H,4,6,9-10,14-17H2,1-3H3. The largest absolute Gasteiger partial charge is 0.416 e. The molecule has 0 bridgehead atoms. The Morgan fingerprint density at radius 1 is 1.20 bits per heavy atom. The molecule has 41 heavy (non-hydrogen) atoms. The summed E-state index contributed by atoms with van der Waals surface area (Å²) in [6.07, 6.45) is 0.209. The fraction of sp³-hybridized carbons (Fsp3) is 0.500. The molecule has 1 aliphatic carbocycles. The van der Waals surface area contributed by atoms with Crippen molar-refractivity contribution in [2.24, 2.45) is 7.05 Å². The van der Waals surface area contributed by atoms with Gasteiger partial charge in [0.05, 0.1) is 30.3 Å². The van der Waals surface area contributed by atoms with Crippen molar-refractivity contribution in [3.63, 3.8) is 0 Å². The lowest BCUT2D eigenvalue weighted by Gasteiger charge is -2.46. The highest BCUT2D eigenvalue weighted by Crippen LogP contribution is 2.50. The molecule has 220 valence electrons. The lowest BCUT2D eigenvalue weighted by Crippen LogP contribution is -2.48. The number of aromatic nitrogens is 3. The molecule has 1 saturated carbocycles. The van der Waals surface area contributed by atoms with Crippen LogP contribution >= 0.6 is 0 Å². The van der Waals surface area contributed by atoms with Crippen molar-refractivity contribution in [1.82, 2.24) is 20.1 Å². The van der Waals surface area contributed by atoms with E-state index < -0.39 is 29.7 Å². The first-order chi connectivity index (χ1) is 19.6. The quantitative estimate of drug-likeness (QED) is 0.298. The third-order valence-corrected chi connectivity index (χ3v) is 8.43. The lowest BCUT2D eigenvalue weighted by atomic mass is 9.62. The van der Waals surface area contributed by atoms with E-state index in [0.29, 0.717) is 30.5 Å². The molecule has 2 aromatic carbocycles. The van der Waals surface area contributed by atoms with Crippen molar-refractivity contribution < 1.29 is 27.1 Å². The minimum Gasteiger partial charge on any atom is -0.381 e. The Labute approximate surface area is 236 Å². The summed E-state index contributed by atoms with van der Waals surface area (Å²) >= 11 is 0. The SMILES string of the molecule is CCCC(CCF)NCc1cc2c(c(C(F)(F)F)c1)CN(c1cccc(C3(c4nncn4C)CC(OC)C3)c1)C2=O. The Hall–Kier alpha value is -3.31. The minimum absolute atomic E-state index is 0.0309. The first kappa shape index (κ1) is 29.2. The van der Waals surface area contributed by atoms with Crippen LogP contribution in [0.3, 0.4) is 0 Å². The highest BCUT2D eigenvalue weighted by Gasteiger charge is 2.50. The van der Waals surface area contributed by atoms with Gasteiger partial charge in [-0.1, -0.05) is 25.5 Å². The van der Waals surface area contributed by atoms with Gasteiger partial charge < -0.3 is 19.5 Å². The van der Waals surface area contributed by atoms with Crippen LogP contribution in [0.2, 0.25) is 0 Å². The summed E-state index contributed by atoms with van der Waals surface area (Å²) in [7, 11) is 3.53. The van der Waals surface area contributed by atoms with E-state index in [1.807, 2.05) is 36.7 Å².